The number of rotatable bonds is 2. The molecule has 2 unspecified atom stereocenters. The maximum atomic E-state index is 12.1. The first kappa shape index (κ1) is 14.6. The molecule has 0 bridgehead atoms. The Balaban J connectivity index is 1.93. The van der Waals surface area contributed by atoms with Crippen LogP contribution in [0.5, 0.6) is 0 Å². The number of carboxylic acid groups (broad SMARTS) is 1. The third-order valence-corrected chi connectivity index (χ3v) is 4.14. The van der Waals surface area contributed by atoms with Gasteiger partial charge >= 0.3 is 12.0 Å². The quantitative estimate of drug-likeness (QED) is 0.753. The Kier molecular flexibility index (Phi) is 4.46. The molecule has 2 fully saturated rings. The molecular formula is C13H21N3O4. The molecule has 2 rings (SSSR count). The fourth-order valence-electron chi connectivity index (χ4n) is 2.78. The number of carboxylic acids is 1. The van der Waals surface area contributed by atoms with Crippen molar-refractivity contribution < 1.29 is 19.5 Å². The van der Waals surface area contributed by atoms with Crippen molar-refractivity contribution in [3.8, 4) is 0 Å². The van der Waals surface area contributed by atoms with E-state index in [9.17, 15) is 19.5 Å². The lowest BCUT2D eigenvalue weighted by atomic mass is 9.84. The van der Waals surface area contributed by atoms with E-state index in [0.717, 1.165) is 12.8 Å². The molecule has 7 heteroatoms. The van der Waals surface area contributed by atoms with Crippen LogP contribution in [0.2, 0.25) is 0 Å². The van der Waals surface area contributed by atoms with Crippen LogP contribution in [0.4, 0.5) is 4.79 Å². The summed E-state index contributed by atoms with van der Waals surface area (Å²) in [5.41, 5.74) is 0. The van der Waals surface area contributed by atoms with Crippen molar-refractivity contribution in [1.29, 1.82) is 0 Å². The van der Waals surface area contributed by atoms with Gasteiger partial charge in [0.2, 0.25) is 5.91 Å². The second-order valence-electron chi connectivity index (χ2n) is 5.52. The molecule has 1 saturated carbocycles. The fraction of sp³-hybridized carbons (Fsp3) is 0.769. The maximum absolute atomic E-state index is 12.1. The molecule has 1 heterocycles. The number of likely N-dealkylation sites (N-methyl/N-ethyl adjacent to an activating group) is 1. The molecule has 3 amide bonds. The third-order valence-electron chi connectivity index (χ3n) is 4.14. The standard InChI is InChI=1S/C13H21N3O4/c1-15-6-7-16(8-11(15)17)13(20)14-10-5-3-2-4-9(10)12(18)19/h9-10H,2-8H2,1H3,(H,14,20)(H,18,19). The summed E-state index contributed by atoms with van der Waals surface area (Å²) in [6.45, 7) is 1.06. The summed E-state index contributed by atoms with van der Waals surface area (Å²) in [4.78, 5) is 38.0. The average Bonchev–Trinajstić information content (AvgIpc) is 2.42. The van der Waals surface area contributed by atoms with Crippen LogP contribution < -0.4 is 5.32 Å². The Morgan fingerprint density at radius 1 is 1.25 bits per heavy atom. The van der Waals surface area contributed by atoms with E-state index in [1.165, 1.54) is 4.90 Å². The zero-order valence-corrected chi connectivity index (χ0v) is 11.7. The van der Waals surface area contributed by atoms with E-state index < -0.39 is 11.9 Å². The Morgan fingerprint density at radius 2 is 1.95 bits per heavy atom. The predicted octanol–water partition coefficient (Wildman–Crippen LogP) is 0.113. The van der Waals surface area contributed by atoms with Gasteiger partial charge in [-0.15, -0.1) is 0 Å². The van der Waals surface area contributed by atoms with Gasteiger partial charge in [-0.05, 0) is 12.8 Å². The van der Waals surface area contributed by atoms with Crippen LogP contribution >= 0.6 is 0 Å². The van der Waals surface area contributed by atoms with Gasteiger partial charge in [0, 0.05) is 26.2 Å². The highest BCUT2D eigenvalue weighted by Crippen LogP contribution is 2.24. The predicted molar refractivity (Wildman–Crippen MR) is 71.1 cm³/mol. The molecule has 1 saturated heterocycles. The van der Waals surface area contributed by atoms with Crippen molar-refractivity contribution in [3.63, 3.8) is 0 Å². The number of urea groups is 1. The van der Waals surface area contributed by atoms with E-state index in [-0.39, 0.29) is 24.5 Å². The smallest absolute Gasteiger partial charge is 0.318 e. The van der Waals surface area contributed by atoms with Crippen molar-refractivity contribution in [3.05, 3.63) is 0 Å². The van der Waals surface area contributed by atoms with Crippen molar-refractivity contribution in [2.75, 3.05) is 26.7 Å². The number of piperazine rings is 1. The number of hydrogen-bond acceptors (Lipinski definition) is 3. The number of amides is 3. The van der Waals surface area contributed by atoms with Crippen LogP contribution in [0.3, 0.4) is 0 Å². The zero-order valence-electron chi connectivity index (χ0n) is 11.7. The van der Waals surface area contributed by atoms with Crippen molar-refractivity contribution in [2.24, 2.45) is 5.92 Å². The van der Waals surface area contributed by atoms with Crippen molar-refractivity contribution in [2.45, 2.75) is 31.7 Å². The molecule has 2 aliphatic rings. The molecular weight excluding hydrogens is 262 g/mol. The summed E-state index contributed by atoms with van der Waals surface area (Å²) < 4.78 is 0. The third kappa shape index (κ3) is 3.20. The Bertz CT molecular complexity index is 412. The monoisotopic (exact) mass is 283 g/mol. The number of nitrogens with zero attached hydrogens (tertiary/aromatic N) is 2. The van der Waals surface area contributed by atoms with Crippen LogP contribution in [0.15, 0.2) is 0 Å². The van der Waals surface area contributed by atoms with E-state index in [1.807, 2.05) is 0 Å². The topological polar surface area (TPSA) is 89.9 Å². The van der Waals surface area contributed by atoms with Crippen LogP contribution in [0.25, 0.3) is 0 Å². The van der Waals surface area contributed by atoms with Gasteiger partial charge in [0.1, 0.15) is 6.54 Å². The zero-order chi connectivity index (χ0) is 14.7. The summed E-state index contributed by atoms with van der Waals surface area (Å²) in [6.07, 6.45) is 3.10. The molecule has 20 heavy (non-hydrogen) atoms. The van der Waals surface area contributed by atoms with Crippen molar-refractivity contribution in [1.82, 2.24) is 15.1 Å². The molecule has 1 aliphatic carbocycles. The van der Waals surface area contributed by atoms with E-state index in [0.29, 0.717) is 25.9 Å². The summed E-state index contributed by atoms with van der Waals surface area (Å²) in [5.74, 6) is -1.47. The summed E-state index contributed by atoms with van der Waals surface area (Å²) in [5, 5.41) is 12.0. The van der Waals surface area contributed by atoms with Gasteiger partial charge in [-0.1, -0.05) is 12.8 Å². The van der Waals surface area contributed by atoms with Crippen LogP contribution in [-0.2, 0) is 9.59 Å². The molecule has 112 valence electrons. The largest absolute Gasteiger partial charge is 0.481 e. The van der Waals surface area contributed by atoms with E-state index >= 15 is 0 Å². The molecule has 2 atom stereocenters. The summed E-state index contributed by atoms with van der Waals surface area (Å²) in [7, 11) is 1.71. The summed E-state index contributed by atoms with van der Waals surface area (Å²) in [6, 6.07) is -0.659. The van der Waals surface area contributed by atoms with E-state index in [1.54, 1.807) is 11.9 Å². The molecule has 7 nitrogen and oxygen atoms in total. The van der Waals surface area contributed by atoms with E-state index in [2.05, 4.69) is 5.32 Å². The normalized spacial score (nSPS) is 27.4. The summed E-state index contributed by atoms with van der Waals surface area (Å²) >= 11 is 0. The highest BCUT2D eigenvalue weighted by Gasteiger charge is 2.33. The first-order valence-corrected chi connectivity index (χ1v) is 7.01. The van der Waals surface area contributed by atoms with Gasteiger partial charge in [0.05, 0.1) is 5.92 Å². The van der Waals surface area contributed by atoms with Gasteiger partial charge < -0.3 is 20.2 Å². The number of aliphatic carboxylic acids is 1. The molecule has 0 aromatic heterocycles. The minimum Gasteiger partial charge on any atom is -0.481 e. The van der Waals surface area contributed by atoms with Gasteiger partial charge in [-0.2, -0.15) is 0 Å². The van der Waals surface area contributed by atoms with Gasteiger partial charge in [0.25, 0.3) is 0 Å². The van der Waals surface area contributed by atoms with Crippen LogP contribution in [-0.4, -0.2) is 65.5 Å². The lowest BCUT2D eigenvalue weighted by Gasteiger charge is -2.35. The second-order valence-corrected chi connectivity index (χ2v) is 5.52. The van der Waals surface area contributed by atoms with Gasteiger partial charge in [-0.25, -0.2) is 4.79 Å². The van der Waals surface area contributed by atoms with E-state index in [4.69, 9.17) is 0 Å². The SMILES string of the molecule is CN1CCN(C(=O)NC2CCCCC2C(=O)O)CC1=O. The molecule has 2 N–H and O–H groups in total. The van der Waals surface area contributed by atoms with Gasteiger partial charge in [-0.3, -0.25) is 9.59 Å². The first-order valence-electron chi connectivity index (χ1n) is 7.01. The van der Waals surface area contributed by atoms with Gasteiger partial charge in [0.15, 0.2) is 0 Å². The number of carbonyl (C=O) groups is 3. The fourth-order valence-corrected chi connectivity index (χ4v) is 2.78. The highest BCUT2D eigenvalue weighted by atomic mass is 16.4. The second kappa shape index (κ2) is 6.11. The number of carbonyl (C=O) groups excluding carboxylic acids is 2. The Morgan fingerprint density at radius 3 is 2.60 bits per heavy atom. The number of nitrogens with one attached hydrogen (secondary N) is 1. The van der Waals surface area contributed by atoms with Crippen molar-refractivity contribution >= 4 is 17.9 Å². The molecule has 0 aromatic rings. The lowest BCUT2D eigenvalue weighted by Crippen LogP contribution is -2.56. The van der Waals surface area contributed by atoms with Crippen LogP contribution in [0.1, 0.15) is 25.7 Å². The average molecular weight is 283 g/mol. The minimum absolute atomic E-state index is 0.0623. The molecule has 0 radical (unpaired) electrons. The lowest BCUT2D eigenvalue weighted by molar-refractivity contribution is -0.143. The maximum Gasteiger partial charge on any atom is 0.318 e. The Hall–Kier alpha value is -1.79. The number of hydrogen-bond donors (Lipinski definition) is 2. The minimum atomic E-state index is -0.857. The molecule has 0 spiro atoms. The Labute approximate surface area is 117 Å². The first-order chi connectivity index (χ1) is 9.49. The molecule has 0 aromatic carbocycles. The molecule has 1 aliphatic heterocycles. The van der Waals surface area contributed by atoms with Crippen LogP contribution in [0, 0.1) is 5.92 Å². The highest BCUT2D eigenvalue weighted by molar-refractivity contribution is 5.85.